The number of hydrogen-bond donors (Lipinski definition) is 0. The summed E-state index contributed by atoms with van der Waals surface area (Å²) in [5, 5.41) is 0. The highest BCUT2D eigenvalue weighted by Crippen LogP contribution is 2.44. The van der Waals surface area contributed by atoms with Crippen molar-refractivity contribution in [3.05, 3.63) is 18.5 Å². The summed E-state index contributed by atoms with van der Waals surface area (Å²) in [7, 11) is -1.06. The summed E-state index contributed by atoms with van der Waals surface area (Å²) < 4.78 is 29.4. The van der Waals surface area contributed by atoms with Crippen molar-refractivity contribution in [3.8, 4) is 6.01 Å². The first-order valence-electron chi connectivity index (χ1n) is 6.34. The number of likely N-dealkylation sites (tertiary alicyclic amines) is 1. The van der Waals surface area contributed by atoms with Gasteiger partial charge in [-0.05, 0) is 19.5 Å². The molecule has 104 valence electrons. The summed E-state index contributed by atoms with van der Waals surface area (Å²) in [5.41, 5.74) is 0. The number of rotatable bonds is 3. The molecule has 2 aliphatic rings. The molecule has 1 aromatic rings. The highest BCUT2D eigenvalue weighted by molar-refractivity contribution is 7.93. The predicted molar refractivity (Wildman–Crippen MR) is 69.6 cm³/mol. The number of nitrogens with zero attached hydrogens (tertiary/aromatic N) is 3. The van der Waals surface area contributed by atoms with Gasteiger partial charge in [-0.3, -0.25) is 0 Å². The normalized spacial score (nSPS) is 28.2. The highest BCUT2D eigenvalue weighted by Gasteiger charge is 2.60. The lowest BCUT2D eigenvalue weighted by Gasteiger charge is -2.48. The second kappa shape index (κ2) is 4.42. The van der Waals surface area contributed by atoms with Gasteiger partial charge >= 0.3 is 6.01 Å². The van der Waals surface area contributed by atoms with Crippen molar-refractivity contribution in [2.45, 2.75) is 11.2 Å². The molecule has 0 unspecified atom stereocenters. The second-order valence-electron chi connectivity index (χ2n) is 5.38. The molecular formula is C12H17N3O3S. The summed E-state index contributed by atoms with van der Waals surface area (Å²) >= 11 is 0. The number of sulfone groups is 1. The maximum atomic E-state index is 12.2. The zero-order valence-electron chi connectivity index (χ0n) is 10.8. The van der Waals surface area contributed by atoms with Gasteiger partial charge in [-0.15, -0.1) is 0 Å². The molecule has 0 bridgehead atoms. The van der Waals surface area contributed by atoms with Crippen LogP contribution in [0.2, 0.25) is 0 Å². The monoisotopic (exact) mass is 283 g/mol. The van der Waals surface area contributed by atoms with Crippen LogP contribution in [-0.2, 0) is 9.84 Å². The number of hydrogen-bond acceptors (Lipinski definition) is 6. The van der Waals surface area contributed by atoms with E-state index in [-0.39, 0.29) is 11.7 Å². The molecule has 7 heteroatoms. The molecule has 3 heterocycles. The molecule has 2 aliphatic heterocycles. The minimum atomic E-state index is -3.00. The molecule has 0 N–H and O–H groups in total. The summed E-state index contributed by atoms with van der Waals surface area (Å²) in [6.45, 7) is 1.59. The fraction of sp³-hybridized carbons (Fsp3) is 0.667. The highest BCUT2D eigenvalue weighted by atomic mass is 32.2. The van der Waals surface area contributed by atoms with Gasteiger partial charge in [-0.1, -0.05) is 0 Å². The quantitative estimate of drug-likeness (QED) is 0.776. The van der Waals surface area contributed by atoms with Crippen LogP contribution in [0.25, 0.3) is 0 Å². The molecule has 3 rings (SSSR count). The van der Waals surface area contributed by atoms with Crippen molar-refractivity contribution in [1.82, 2.24) is 14.9 Å². The summed E-state index contributed by atoms with van der Waals surface area (Å²) in [6.07, 6.45) is 3.89. The average molecular weight is 283 g/mol. The lowest BCUT2D eigenvalue weighted by Crippen LogP contribution is -2.66. The third-order valence-corrected chi connectivity index (χ3v) is 6.73. The van der Waals surface area contributed by atoms with E-state index in [4.69, 9.17) is 4.74 Å². The summed E-state index contributed by atoms with van der Waals surface area (Å²) in [5.74, 6) is 0.308. The zero-order valence-corrected chi connectivity index (χ0v) is 11.6. The zero-order chi connectivity index (χ0) is 13.5. The van der Waals surface area contributed by atoms with E-state index in [1.165, 1.54) is 0 Å². The Morgan fingerprint density at radius 2 is 2.11 bits per heavy atom. The Balaban J connectivity index is 1.72. The van der Waals surface area contributed by atoms with Crippen molar-refractivity contribution in [2.24, 2.45) is 5.92 Å². The molecule has 1 spiro atoms. The van der Waals surface area contributed by atoms with Gasteiger partial charge < -0.3 is 9.64 Å². The first kappa shape index (κ1) is 12.8. The molecule has 0 aliphatic carbocycles. The van der Waals surface area contributed by atoms with Crippen molar-refractivity contribution in [1.29, 1.82) is 0 Å². The Morgan fingerprint density at radius 1 is 1.42 bits per heavy atom. The molecule has 0 amide bonds. The first-order valence-corrected chi connectivity index (χ1v) is 7.99. The van der Waals surface area contributed by atoms with Crippen LogP contribution in [0.5, 0.6) is 6.01 Å². The van der Waals surface area contributed by atoms with E-state index in [0.29, 0.717) is 32.1 Å². The molecule has 1 aromatic heterocycles. The lowest BCUT2D eigenvalue weighted by atomic mass is 9.84. The number of ether oxygens (including phenoxy) is 1. The van der Waals surface area contributed by atoms with E-state index in [2.05, 4.69) is 9.97 Å². The average Bonchev–Trinajstić information content (AvgIpc) is 2.61. The van der Waals surface area contributed by atoms with Crippen molar-refractivity contribution >= 4 is 9.84 Å². The SMILES string of the molecule is CN1CC2(C1)[C@H](COc1ncccn1)CCS2(=O)=O. The van der Waals surface area contributed by atoms with Gasteiger partial charge in [0.2, 0.25) is 0 Å². The van der Waals surface area contributed by atoms with Crippen LogP contribution in [0.15, 0.2) is 18.5 Å². The minimum Gasteiger partial charge on any atom is -0.463 e. The predicted octanol–water partition coefficient (Wildman–Crippen LogP) is -0.0257. The third-order valence-electron chi connectivity index (χ3n) is 4.13. The molecule has 1 atom stereocenters. The van der Waals surface area contributed by atoms with Crippen LogP contribution in [0.1, 0.15) is 6.42 Å². The Bertz CT molecular complexity index is 555. The summed E-state index contributed by atoms with van der Waals surface area (Å²) in [6, 6.07) is 2.03. The Hall–Kier alpha value is -1.21. The second-order valence-corrected chi connectivity index (χ2v) is 7.83. The first-order chi connectivity index (χ1) is 9.03. The lowest BCUT2D eigenvalue weighted by molar-refractivity contribution is 0.0841. The Kier molecular flexibility index (Phi) is 2.98. The van der Waals surface area contributed by atoms with Crippen LogP contribution in [0.4, 0.5) is 0 Å². The van der Waals surface area contributed by atoms with Crippen LogP contribution in [0.3, 0.4) is 0 Å². The Labute approximate surface area is 112 Å². The van der Waals surface area contributed by atoms with E-state index >= 15 is 0 Å². The largest absolute Gasteiger partial charge is 0.463 e. The van der Waals surface area contributed by atoms with E-state index in [0.717, 1.165) is 0 Å². The molecule has 2 saturated heterocycles. The van der Waals surface area contributed by atoms with Gasteiger partial charge in [-0.25, -0.2) is 18.4 Å². The maximum absolute atomic E-state index is 12.2. The molecule has 19 heavy (non-hydrogen) atoms. The third kappa shape index (κ3) is 2.01. The van der Waals surface area contributed by atoms with Crippen molar-refractivity contribution in [2.75, 3.05) is 32.5 Å². The van der Waals surface area contributed by atoms with Gasteiger partial charge in [0.25, 0.3) is 0 Å². The fourth-order valence-corrected chi connectivity index (χ4v) is 5.64. The maximum Gasteiger partial charge on any atom is 0.316 e. The van der Waals surface area contributed by atoms with Gasteiger partial charge in [0.1, 0.15) is 4.75 Å². The summed E-state index contributed by atoms with van der Waals surface area (Å²) in [4.78, 5) is 10.0. The molecule has 6 nitrogen and oxygen atoms in total. The molecule has 0 radical (unpaired) electrons. The minimum absolute atomic E-state index is 0.0394. The standard InChI is InChI=1S/C12H17N3O3S/c1-15-8-12(9-15)10(3-6-19(12,16)17)7-18-11-13-4-2-5-14-11/h2,4-5,10H,3,6-9H2,1H3/t10-/m0/s1. The topological polar surface area (TPSA) is 72.4 Å². The van der Waals surface area contributed by atoms with Gasteiger partial charge in [-0.2, -0.15) is 0 Å². The van der Waals surface area contributed by atoms with Crippen LogP contribution in [0, 0.1) is 5.92 Å². The van der Waals surface area contributed by atoms with Crippen LogP contribution >= 0.6 is 0 Å². The molecule has 0 aromatic carbocycles. The van der Waals surface area contributed by atoms with Crippen LogP contribution < -0.4 is 4.74 Å². The van der Waals surface area contributed by atoms with Crippen molar-refractivity contribution in [3.63, 3.8) is 0 Å². The van der Waals surface area contributed by atoms with E-state index in [9.17, 15) is 8.42 Å². The smallest absolute Gasteiger partial charge is 0.316 e. The Morgan fingerprint density at radius 3 is 2.74 bits per heavy atom. The van der Waals surface area contributed by atoms with Gasteiger partial charge in [0.15, 0.2) is 9.84 Å². The van der Waals surface area contributed by atoms with E-state index in [1.807, 2.05) is 11.9 Å². The molecule has 2 fully saturated rings. The fourth-order valence-electron chi connectivity index (χ4n) is 3.11. The van der Waals surface area contributed by atoms with Gasteiger partial charge in [0.05, 0.1) is 12.4 Å². The number of aromatic nitrogens is 2. The van der Waals surface area contributed by atoms with Crippen LogP contribution in [-0.4, -0.2) is 60.5 Å². The van der Waals surface area contributed by atoms with E-state index in [1.54, 1.807) is 18.5 Å². The van der Waals surface area contributed by atoms with Gasteiger partial charge in [0, 0.05) is 31.4 Å². The van der Waals surface area contributed by atoms with Crippen molar-refractivity contribution < 1.29 is 13.2 Å². The van der Waals surface area contributed by atoms with E-state index < -0.39 is 14.6 Å². The molecular weight excluding hydrogens is 266 g/mol. The molecule has 0 saturated carbocycles.